The van der Waals surface area contributed by atoms with Crippen LogP contribution in [0.5, 0.6) is 0 Å². The third kappa shape index (κ3) is 5.80. The smallest absolute Gasteiger partial charge is 0.200 e. The highest BCUT2D eigenvalue weighted by atomic mass is 32.1. The molecule has 0 bridgehead atoms. The van der Waals surface area contributed by atoms with Crippen molar-refractivity contribution in [2.75, 3.05) is 0 Å². The van der Waals surface area contributed by atoms with Crippen molar-refractivity contribution in [1.29, 1.82) is 0 Å². The average Bonchev–Trinajstić information content (AvgIpc) is 3.96. The maximum atomic E-state index is 14.6. The minimum atomic E-state index is -2.42. The van der Waals surface area contributed by atoms with Crippen molar-refractivity contribution in [3.8, 4) is 63.4 Å². The molecule has 0 spiro atoms. The Morgan fingerprint density at radius 3 is 0.611 bits per heavy atom. The van der Waals surface area contributed by atoms with Crippen LogP contribution in [0.3, 0.4) is 0 Å². The predicted octanol–water partition coefficient (Wildman–Crippen LogP) is 12.1. The Kier molecular flexibility index (Phi) is 9.29. The van der Waals surface area contributed by atoms with Crippen LogP contribution in [0.4, 0.5) is 65.9 Å². The van der Waals surface area contributed by atoms with E-state index in [1.54, 1.807) is 0 Å². The Hall–Kier alpha value is -5.28. The molecule has 0 saturated carbocycles. The molecule has 0 amide bonds. The van der Waals surface area contributed by atoms with Gasteiger partial charge in [0.2, 0.25) is 17.5 Å². The summed E-state index contributed by atoms with van der Waals surface area (Å²) in [5, 5.41) is 0. The first kappa shape index (κ1) is 37.1. The second-order valence-electron chi connectivity index (χ2n) is 10.6. The zero-order valence-electron chi connectivity index (χ0n) is 25.2. The zero-order valence-corrected chi connectivity index (χ0v) is 27.6. The van der Waals surface area contributed by atoms with Crippen molar-refractivity contribution in [3.63, 3.8) is 0 Å². The summed E-state index contributed by atoms with van der Waals surface area (Å²) in [4.78, 5) is 10.5. The summed E-state index contributed by atoms with van der Waals surface area (Å²) in [5.74, 6) is -35.0. The monoisotopic (exact) mass is 825 g/mol. The van der Waals surface area contributed by atoms with Gasteiger partial charge in [-0.25, -0.2) is 80.8 Å². The fourth-order valence-electron chi connectivity index (χ4n) is 4.95. The van der Waals surface area contributed by atoms with Gasteiger partial charge in [-0.1, -0.05) is 0 Å². The van der Waals surface area contributed by atoms with Crippen molar-refractivity contribution in [3.05, 3.63) is 124 Å². The molecule has 0 aliphatic carbocycles. The zero-order chi connectivity index (χ0) is 39.1. The lowest BCUT2D eigenvalue weighted by atomic mass is 10.1. The lowest BCUT2D eigenvalue weighted by molar-refractivity contribution is 0.381. The molecular weight excluding hydrogens is 820 g/mol. The van der Waals surface area contributed by atoms with E-state index in [-0.39, 0.29) is 14.6 Å². The first-order valence-corrected chi connectivity index (χ1v) is 16.6. The van der Waals surface area contributed by atoms with Crippen LogP contribution in [0.2, 0.25) is 0 Å². The van der Waals surface area contributed by atoms with Gasteiger partial charge in [-0.3, -0.25) is 0 Å². The first-order chi connectivity index (χ1) is 25.5. The molecule has 21 heteroatoms. The van der Waals surface area contributed by atoms with Crippen LogP contribution in [-0.4, -0.2) is 15.0 Å². The van der Waals surface area contributed by atoms with E-state index in [0.717, 1.165) is 36.4 Å². The molecule has 0 atom stereocenters. The Balaban J connectivity index is 1.40. The predicted molar refractivity (Wildman–Crippen MR) is 165 cm³/mol. The van der Waals surface area contributed by atoms with Crippen LogP contribution >= 0.6 is 34.0 Å². The summed E-state index contributed by atoms with van der Waals surface area (Å²) in [6.07, 6.45) is 0. The fraction of sp³-hybridized carbons (Fsp3) is 0. The van der Waals surface area contributed by atoms with Crippen molar-refractivity contribution < 1.29 is 65.9 Å². The van der Waals surface area contributed by atoms with Gasteiger partial charge in [0.1, 0.15) is 0 Å². The van der Waals surface area contributed by atoms with E-state index in [4.69, 9.17) is 0 Å². The summed E-state index contributed by atoms with van der Waals surface area (Å²) in [6.45, 7) is 0. The number of benzene rings is 3. The molecule has 276 valence electrons. The molecule has 0 saturated heterocycles. The molecule has 0 unspecified atom stereocenters. The summed E-state index contributed by atoms with van der Waals surface area (Å²) >= 11 is 1.21. The highest BCUT2D eigenvalue weighted by molar-refractivity contribution is 7.19. The number of nitrogens with zero attached hydrogens (tertiary/aromatic N) is 3. The van der Waals surface area contributed by atoms with Crippen molar-refractivity contribution in [1.82, 2.24) is 15.0 Å². The molecule has 0 fully saturated rings. The molecule has 4 heterocycles. The maximum Gasteiger partial charge on any atom is 0.200 e. The standard InChI is InChI=1S/C33H6F15N3S3/c34-16-13(17(35)23(41)28(46)22(16)40)7-1-4-10(52-7)31-49-32(11-5-2-8(53-11)14-18(36)24(42)29(47)25(43)19(14)37)51-33(50-31)12-6-3-9(54-12)15-20(38)26(44)30(48)27(45)21(15)39/h1-6H. The molecule has 0 N–H and O–H groups in total. The van der Waals surface area contributed by atoms with Crippen molar-refractivity contribution >= 4 is 34.0 Å². The third-order valence-corrected chi connectivity index (χ3v) is 10.8. The number of rotatable bonds is 6. The Morgan fingerprint density at radius 2 is 0.407 bits per heavy atom. The van der Waals surface area contributed by atoms with E-state index >= 15 is 0 Å². The number of hydrogen-bond acceptors (Lipinski definition) is 6. The molecule has 4 aromatic heterocycles. The first-order valence-electron chi connectivity index (χ1n) is 14.1. The summed E-state index contributed by atoms with van der Waals surface area (Å²) in [5.41, 5.74) is -3.93. The molecule has 3 aromatic carbocycles. The number of aromatic nitrogens is 3. The largest absolute Gasteiger partial charge is 0.206 e. The highest BCUT2D eigenvalue weighted by Crippen LogP contribution is 2.43. The second-order valence-corrected chi connectivity index (χ2v) is 13.9. The minimum Gasteiger partial charge on any atom is -0.206 e. The Morgan fingerprint density at radius 1 is 0.241 bits per heavy atom. The van der Waals surface area contributed by atoms with Gasteiger partial charge < -0.3 is 0 Å². The normalized spacial score (nSPS) is 11.6. The maximum absolute atomic E-state index is 14.6. The van der Waals surface area contributed by atoms with Crippen molar-refractivity contribution in [2.45, 2.75) is 0 Å². The molecular formula is C33H6F15N3S3. The van der Waals surface area contributed by atoms with Crippen LogP contribution in [0, 0.1) is 87.3 Å². The van der Waals surface area contributed by atoms with E-state index in [1.165, 1.54) is 0 Å². The molecule has 0 radical (unpaired) electrons. The topological polar surface area (TPSA) is 38.7 Å². The quantitative estimate of drug-likeness (QED) is 0.0952. The van der Waals surface area contributed by atoms with E-state index < -0.39 is 136 Å². The van der Waals surface area contributed by atoms with Crippen LogP contribution in [0.15, 0.2) is 36.4 Å². The van der Waals surface area contributed by atoms with E-state index in [0.29, 0.717) is 34.0 Å². The van der Waals surface area contributed by atoms with Gasteiger partial charge in [0, 0.05) is 14.6 Å². The van der Waals surface area contributed by atoms with Crippen LogP contribution in [0.1, 0.15) is 0 Å². The van der Waals surface area contributed by atoms with Gasteiger partial charge in [0.15, 0.2) is 87.3 Å². The van der Waals surface area contributed by atoms with E-state index in [2.05, 4.69) is 15.0 Å². The van der Waals surface area contributed by atoms with E-state index in [9.17, 15) is 65.9 Å². The van der Waals surface area contributed by atoms with Crippen LogP contribution in [-0.2, 0) is 0 Å². The Bertz CT molecular complexity index is 2310. The van der Waals surface area contributed by atoms with Gasteiger partial charge in [0.25, 0.3) is 0 Å². The molecule has 7 aromatic rings. The Labute approximate surface area is 301 Å². The number of halogens is 15. The third-order valence-electron chi connectivity index (χ3n) is 7.48. The fourth-order valence-corrected chi connectivity index (χ4v) is 7.87. The lowest BCUT2D eigenvalue weighted by Gasteiger charge is -2.07. The molecule has 0 aliphatic rings. The molecule has 3 nitrogen and oxygen atoms in total. The molecule has 0 aliphatic heterocycles. The average molecular weight is 826 g/mol. The summed E-state index contributed by atoms with van der Waals surface area (Å²) in [7, 11) is 0. The van der Waals surface area contributed by atoms with Gasteiger partial charge in [-0.05, 0) is 36.4 Å². The van der Waals surface area contributed by atoms with Gasteiger partial charge in [0.05, 0.1) is 31.3 Å². The lowest BCUT2D eigenvalue weighted by Crippen LogP contribution is -2.03. The number of thiophene rings is 3. The second kappa shape index (κ2) is 13.5. The summed E-state index contributed by atoms with van der Waals surface area (Å²) < 4.78 is 213. The summed E-state index contributed by atoms with van der Waals surface area (Å²) in [6, 6.07) is 6.10. The van der Waals surface area contributed by atoms with Crippen molar-refractivity contribution in [2.24, 2.45) is 0 Å². The highest BCUT2D eigenvalue weighted by Gasteiger charge is 2.31. The van der Waals surface area contributed by atoms with Crippen LogP contribution in [0.25, 0.3) is 63.4 Å². The van der Waals surface area contributed by atoms with Gasteiger partial charge in [-0.15, -0.1) is 34.0 Å². The SMILES string of the molecule is Fc1c(F)c(F)c(-c2ccc(-c3nc(-c4ccc(-c5c(F)c(F)c(F)c(F)c5F)s4)nc(-c4ccc(-c5c(F)c(F)c(F)c(F)c5F)s4)n3)s2)c(F)c1F. The molecule has 54 heavy (non-hydrogen) atoms. The van der Waals surface area contributed by atoms with E-state index in [1.807, 2.05) is 0 Å². The van der Waals surface area contributed by atoms with Gasteiger partial charge in [-0.2, -0.15) is 0 Å². The molecule has 7 rings (SSSR count). The van der Waals surface area contributed by atoms with Crippen LogP contribution < -0.4 is 0 Å². The minimum absolute atomic E-state index is 0.146. The van der Waals surface area contributed by atoms with Gasteiger partial charge >= 0.3 is 0 Å². The number of hydrogen-bond donors (Lipinski definition) is 0.